The molecule has 0 saturated carbocycles. The molecule has 2 aromatic heterocycles. The van der Waals surface area contributed by atoms with Crippen LogP contribution in [0, 0.1) is 11.3 Å². The van der Waals surface area contributed by atoms with Gasteiger partial charge in [0.1, 0.15) is 11.8 Å². The lowest BCUT2D eigenvalue weighted by Crippen LogP contribution is -2.27. The lowest BCUT2D eigenvalue weighted by Gasteiger charge is -2.05. The molecule has 0 saturated heterocycles. The maximum absolute atomic E-state index is 11.7. The number of carbonyl (C=O) groups is 1. The van der Waals surface area contributed by atoms with Crippen LogP contribution >= 0.6 is 0 Å². The van der Waals surface area contributed by atoms with Gasteiger partial charge in [-0.2, -0.15) is 5.26 Å². The summed E-state index contributed by atoms with van der Waals surface area (Å²) in [5.74, 6) is -0.250. The summed E-state index contributed by atoms with van der Waals surface area (Å²) in [6.45, 7) is 1.15. The third kappa shape index (κ3) is 2.92. The molecule has 1 amide bonds. The predicted molar refractivity (Wildman–Crippen MR) is 63.5 cm³/mol. The summed E-state index contributed by atoms with van der Waals surface area (Å²) in [6.07, 6.45) is 6.58. The van der Waals surface area contributed by atoms with Crippen LogP contribution in [0.25, 0.3) is 0 Å². The number of nitriles is 1. The molecule has 1 N–H and O–H groups in total. The van der Waals surface area contributed by atoms with E-state index in [0.29, 0.717) is 24.3 Å². The second-order valence-electron chi connectivity index (χ2n) is 3.60. The average molecular weight is 241 g/mol. The van der Waals surface area contributed by atoms with Crippen molar-refractivity contribution in [2.75, 3.05) is 6.54 Å². The summed E-state index contributed by atoms with van der Waals surface area (Å²) >= 11 is 0. The van der Waals surface area contributed by atoms with Crippen LogP contribution in [0.15, 0.2) is 37.1 Å². The van der Waals surface area contributed by atoms with Crippen molar-refractivity contribution >= 4 is 5.91 Å². The molecule has 18 heavy (non-hydrogen) atoms. The highest BCUT2D eigenvalue weighted by Gasteiger charge is 2.05. The molecule has 0 spiro atoms. The summed E-state index contributed by atoms with van der Waals surface area (Å²) < 4.78 is 1.87. The number of pyridine rings is 1. The molecule has 0 aromatic carbocycles. The zero-order valence-corrected chi connectivity index (χ0v) is 9.58. The van der Waals surface area contributed by atoms with Crippen molar-refractivity contribution in [1.29, 1.82) is 5.26 Å². The molecule has 6 nitrogen and oxygen atoms in total. The minimum Gasteiger partial charge on any atom is -0.349 e. The van der Waals surface area contributed by atoms with E-state index in [1.807, 2.05) is 16.8 Å². The fourth-order valence-corrected chi connectivity index (χ4v) is 1.40. The summed E-state index contributed by atoms with van der Waals surface area (Å²) in [7, 11) is 0. The normalized spacial score (nSPS) is 9.72. The maximum Gasteiger partial charge on any atom is 0.269 e. The lowest BCUT2D eigenvalue weighted by molar-refractivity contribution is 0.0947. The first-order valence-electron chi connectivity index (χ1n) is 5.39. The van der Waals surface area contributed by atoms with E-state index in [9.17, 15) is 4.79 Å². The van der Waals surface area contributed by atoms with Crippen LogP contribution < -0.4 is 5.32 Å². The van der Waals surface area contributed by atoms with Gasteiger partial charge in [0, 0.05) is 31.7 Å². The molecule has 2 aromatic rings. The molecule has 0 bridgehead atoms. The highest BCUT2D eigenvalue weighted by atomic mass is 16.1. The van der Waals surface area contributed by atoms with Gasteiger partial charge in [-0.25, -0.2) is 9.97 Å². The van der Waals surface area contributed by atoms with Crippen molar-refractivity contribution in [2.24, 2.45) is 0 Å². The quantitative estimate of drug-likeness (QED) is 0.848. The van der Waals surface area contributed by atoms with Crippen LogP contribution in [0.5, 0.6) is 0 Å². The maximum atomic E-state index is 11.7. The first kappa shape index (κ1) is 11.8. The Morgan fingerprint density at radius 1 is 1.50 bits per heavy atom. The number of hydrogen-bond acceptors (Lipinski definition) is 4. The van der Waals surface area contributed by atoms with Crippen molar-refractivity contribution in [1.82, 2.24) is 19.9 Å². The number of amides is 1. The van der Waals surface area contributed by atoms with Gasteiger partial charge in [-0.15, -0.1) is 0 Å². The van der Waals surface area contributed by atoms with Gasteiger partial charge in [-0.1, -0.05) is 0 Å². The van der Waals surface area contributed by atoms with E-state index in [1.54, 1.807) is 18.6 Å². The van der Waals surface area contributed by atoms with Crippen LogP contribution in [0.2, 0.25) is 0 Å². The standard InChI is InChI=1S/C12H11N5O/c13-7-10-1-2-11(16-8-10)12(18)15-4-6-17-5-3-14-9-17/h1-3,5,8-9H,4,6H2,(H,15,18). The minimum atomic E-state index is -0.250. The molecular weight excluding hydrogens is 230 g/mol. The molecule has 0 aliphatic rings. The molecule has 0 aliphatic carbocycles. The Morgan fingerprint density at radius 2 is 2.39 bits per heavy atom. The van der Waals surface area contributed by atoms with E-state index < -0.39 is 0 Å². The van der Waals surface area contributed by atoms with Crippen molar-refractivity contribution in [3.63, 3.8) is 0 Å². The van der Waals surface area contributed by atoms with E-state index in [-0.39, 0.29) is 5.91 Å². The molecular formula is C12H11N5O. The molecule has 2 rings (SSSR count). The van der Waals surface area contributed by atoms with Crippen molar-refractivity contribution < 1.29 is 4.79 Å². The van der Waals surface area contributed by atoms with Crippen molar-refractivity contribution in [3.8, 4) is 6.07 Å². The summed E-state index contributed by atoms with van der Waals surface area (Å²) in [5, 5.41) is 11.4. The number of aromatic nitrogens is 3. The number of nitrogens with zero attached hydrogens (tertiary/aromatic N) is 4. The van der Waals surface area contributed by atoms with E-state index in [1.165, 1.54) is 12.3 Å². The van der Waals surface area contributed by atoms with Gasteiger partial charge >= 0.3 is 0 Å². The Balaban J connectivity index is 1.86. The second-order valence-corrected chi connectivity index (χ2v) is 3.60. The Morgan fingerprint density at radius 3 is 3.00 bits per heavy atom. The first-order valence-corrected chi connectivity index (χ1v) is 5.39. The fraction of sp³-hybridized carbons (Fsp3) is 0.167. The molecule has 6 heteroatoms. The largest absolute Gasteiger partial charge is 0.349 e. The molecule has 0 unspecified atom stereocenters. The van der Waals surface area contributed by atoms with E-state index in [4.69, 9.17) is 5.26 Å². The monoisotopic (exact) mass is 241 g/mol. The Kier molecular flexibility index (Phi) is 3.66. The van der Waals surface area contributed by atoms with Gasteiger partial charge in [0.25, 0.3) is 5.91 Å². The van der Waals surface area contributed by atoms with E-state index in [0.717, 1.165) is 0 Å². The van der Waals surface area contributed by atoms with E-state index in [2.05, 4.69) is 15.3 Å². The third-order valence-corrected chi connectivity index (χ3v) is 2.34. The van der Waals surface area contributed by atoms with Gasteiger partial charge in [0.2, 0.25) is 0 Å². The summed E-state index contributed by atoms with van der Waals surface area (Å²) in [4.78, 5) is 19.5. The smallest absolute Gasteiger partial charge is 0.269 e. The zero-order chi connectivity index (χ0) is 12.8. The molecule has 0 aliphatic heterocycles. The molecule has 2 heterocycles. The Hall–Kier alpha value is -2.68. The zero-order valence-electron chi connectivity index (χ0n) is 9.58. The molecule has 0 radical (unpaired) electrons. The third-order valence-electron chi connectivity index (χ3n) is 2.34. The summed E-state index contributed by atoms with van der Waals surface area (Å²) in [5.41, 5.74) is 0.740. The van der Waals surface area contributed by atoms with Crippen LogP contribution in [-0.4, -0.2) is 27.0 Å². The second kappa shape index (κ2) is 5.59. The number of nitrogens with one attached hydrogen (secondary N) is 1. The minimum absolute atomic E-state index is 0.250. The topological polar surface area (TPSA) is 83.6 Å². The molecule has 90 valence electrons. The number of imidazole rings is 1. The van der Waals surface area contributed by atoms with Gasteiger partial charge < -0.3 is 9.88 Å². The molecule has 0 atom stereocenters. The van der Waals surface area contributed by atoms with Gasteiger partial charge in [-0.05, 0) is 12.1 Å². The van der Waals surface area contributed by atoms with E-state index >= 15 is 0 Å². The predicted octanol–water partition coefficient (Wildman–Crippen LogP) is 0.580. The first-order chi connectivity index (χ1) is 8.79. The number of carbonyl (C=O) groups excluding carboxylic acids is 1. The van der Waals surface area contributed by atoms with Gasteiger partial charge in [-0.3, -0.25) is 4.79 Å². The van der Waals surface area contributed by atoms with Crippen LogP contribution in [-0.2, 0) is 6.54 Å². The average Bonchev–Trinajstić information content (AvgIpc) is 2.92. The van der Waals surface area contributed by atoms with Crippen LogP contribution in [0.3, 0.4) is 0 Å². The Labute approximate surface area is 104 Å². The highest BCUT2D eigenvalue weighted by Crippen LogP contribution is 1.98. The number of hydrogen-bond donors (Lipinski definition) is 1. The van der Waals surface area contributed by atoms with Gasteiger partial charge in [0.05, 0.1) is 11.9 Å². The highest BCUT2D eigenvalue weighted by molar-refractivity contribution is 5.92. The fourth-order valence-electron chi connectivity index (χ4n) is 1.40. The van der Waals surface area contributed by atoms with Crippen molar-refractivity contribution in [2.45, 2.75) is 6.54 Å². The lowest BCUT2D eigenvalue weighted by atomic mass is 10.2. The summed E-state index contributed by atoms with van der Waals surface area (Å²) in [6, 6.07) is 5.05. The van der Waals surface area contributed by atoms with Gasteiger partial charge in [0.15, 0.2) is 0 Å². The van der Waals surface area contributed by atoms with Crippen LogP contribution in [0.4, 0.5) is 0 Å². The molecule has 0 fully saturated rings. The SMILES string of the molecule is N#Cc1ccc(C(=O)NCCn2ccnc2)nc1. The van der Waals surface area contributed by atoms with Crippen LogP contribution in [0.1, 0.15) is 16.1 Å². The Bertz CT molecular complexity index is 553. The van der Waals surface area contributed by atoms with Crippen molar-refractivity contribution in [3.05, 3.63) is 48.3 Å². The number of rotatable bonds is 4.